The molecule has 1 aliphatic heterocycles. The van der Waals surface area contributed by atoms with Crippen LogP contribution in [0.1, 0.15) is 72.1 Å². The van der Waals surface area contributed by atoms with Crippen molar-refractivity contribution in [2.24, 2.45) is 13.0 Å². The molecule has 0 aromatic carbocycles. The SMILES string of the molecule is CCOC(=O)c1c(C)c(C(=O)CN(CC2CCCO2)C(=O)CC(C)C)c(C)n1C. The Balaban J connectivity index is 2.27. The summed E-state index contributed by atoms with van der Waals surface area (Å²) in [5, 5.41) is 0. The van der Waals surface area contributed by atoms with Crippen molar-refractivity contribution in [3.63, 3.8) is 0 Å². The third-order valence-corrected chi connectivity index (χ3v) is 5.40. The lowest BCUT2D eigenvalue weighted by atomic mass is 10.0. The lowest BCUT2D eigenvalue weighted by Crippen LogP contribution is -2.41. The highest BCUT2D eigenvalue weighted by atomic mass is 16.5. The Kier molecular flexibility index (Phi) is 8.02. The maximum Gasteiger partial charge on any atom is 0.355 e. The quantitative estimate of drug-likeness (QED) is 0.465. The van der Waals surface area contributed by atoms with E-state index < -0.39 is 5.97 Å². The Morgan fingerprint density at radius 3 is 2.52 bits per heavy atom. The second-order valence-corrected chi connectivity index (χ2v) is 8.14. The second kappa shape index (κ2) is 10.1. The number of rotatable bonds is 9. The summed E-state index contributed by atoms with van der Waals surface area (Å²) in [6, 6.07) is 0. The van der Waals surface area contributed by atoms with E-state index in [0.29, 0.717) is 42.1 Å². The zero-order chi connectivity index (χ0) is 21.7. The Bertz CT molecular complexity index is 760. The summed E-state index contributed by atoms with van der Waals surface area (Å²) in [5.41, 5.74) is 2.17. The van der Waals surface area contributed by atoms with Gasteiger partial charge in [0.1, 0.15) is 5.69 Å². The monoisotopic (exact) mass is 406 g/mol. The number of ether oxygens (including phenoxy) is 2. The minimum Gasteiger partial charge on any atom is -0.461 e. The zero-order valence-electron chi connectivity index (χ0n) is 18.5. The van der Waals surface area contributed by atoms with Crippen molar-refractivity contribution < 1.29 is 23.9 Å². The van der Waals surface area contributed by atoms with E-state index in [1.807, 2.05) is 20.8 Å². The van der Waals surface area contributed by atoms with Crippen LogP contribution >= 0.6 is 0 Å². The van der Waals surface area contributed by atoms with Gasteiger partial charge in [-0.3, -0.25) is 9.59 Å². The molecule has 0 N–H and O–H groups in total. The molecule has 1 amide bonds. The molecular weight excluding hydrogens is 372 g/mol. The molecule has 0 saturated carbocycles. The molecule has 1 fully saturated rings. The van der Waals surface area contributed by atoms with Crippen LogP contribution in [-0.4, -0.2) is 59.5 Å². The summed E-state index contributed by atoms with van der Waals surface area (Å²) < 4.78 is 12.5. The fourth-order valence-corrected chi connectivity index (χ4v) is 3.90. The highest BCUT2D eigenvalue weighted by molar-refractivity contribution is 6.04. The minimum absolute atomic E-state index is 0.0145. The zero-order valence-corrected chi connectivity index (χ0v) is 18.5. The Morgan fingerprint density at radius 1 is 1.28 bits per heavy atom. The number of carbonyl (C=O) groups is 3. The lowest BCUT2D eigenvalue weighted by molar-refractivity contribution is -0.133. The maximum absolute atomic E-state index is 13.2. The summed E-state index contributed by atoms with van der Waals surface area (Å²) >= 11 is 0. The molecule has 1 saturated heterocycles. The Labute approximate surface area is 173 Å². The van der Waals surface area contributed by atoms with E-state index in [4.69, 9.17) is 9.47 Å². The Hall–Kier alpha value is -2.15. The summed E-state index contributed by atoms with van der Waals surface area (Å²) in [5.74, 6) is -0.441. The van der Waals surface area contributed by atoms with E-state index in [0.717, 1.165) is 12.8 Å². The number of nitrogens with zero attached hydrogens (tertiary/aromatic N) is 2. The molecule has 1 aromatic heterocycles. The van der Waals surface area contributed by atoms with Crippen molar-refractivity contribution in [2.45, 2.75) is 60.0 Å². The van der Waals surface area contributed by atoms with Gasteiger partial charge in [0.05, 0.1) is 19.3 Å². The van der Waals surface area contributed by atoms with Gasteiger partial charge >= 0.3 is 5.97 Å². The van der Waals surface area contributed by atoms with Gasteiger partial charge in [0, 0.05) is 37.9 Å². The molecule has 1 atom stereocenters. The number of esters is 1. The Morgan fingerprint density at radius 2 is 1.97 bits per heavy atom. The molecule has 7 nitrogen and oxygen atoms in total. The van der Waals surface area contributed by atoms with Gasteiger partial charge in [-0.05, 0) is 45.1 Å². The second-order valence-electron chi connectivity index (χ2n) is 8.14. The fourth-order valence-electron chi connectivity index (χ4n) is 3.90. The van der Waals surface area contributed by atoms with Gasteiger partial charge in [-0.1, -0.05) is 13.8 Å². The molecule has 7 heteroatoms. The van der Waals surface area contributed by atoms with E-state index in [2.05, 4.69) is 0 Å². The van der Waals surface area contributed by atoms with E-state index in [1.165, 1.54) is 0 Å². The van der Waals surface area contributed by atoms with Gasteiger partial charge in [-0.2, -0.15) is 0 Å². The van der Waals surface area contributed by atoms with Gasteiger partial charge in [0.2, 0.25) is 5.91 Å². The third kappa shape index (κ3) is 5.47. The number of ketones is 1. The van der Waals surface area contributed by atoms with Gasteiger partial charge in [-0.15, -0.1) is 0 Å². The number of amides is 1. The number of carbonyl (C=O) groups excluding carboxylic acids is 3. The average molecular weight is 407 g/mol. The van der Waals surface area contributed by atoms with Crippen LogP contribution in [0.2, 0.25) is 0 Å². The van der Waals surface area contributed by atoms with Crippen molar-refractivity contribution >= 4 is 17.7 Å². The molecule has 1 aromatic rings. The van der Waals surface area contributed by atoms with Crippen molar-refractivity contribution in [1.82, 2.24) is 9.47 Å². The van der Waals surface area contributed by atoms with Crippen molar-refractivity contribution in [1.29, 1.82) is 0 Å². The maximum atomic E-state index is 13.2. The molecule has 2 rings (SSSR count). The first-order valence-corrected chi connectivity index (χ1v) is 10.4. The lowest BCUT2D eigenvalue weighted by Gasteiger charge is -2.26. The van der Waals surface area contributed by atoms with E-state index in [1.54, 1.807) is 30.4 Å². The van der Waals surface area contributed by atoms with E-state index >= 15 is 0 Å². The first kappa shape index (κ1) is 23.1. The molecule has 1 aliphatic rings. The van der Waals surface area contributed by atoms with Gasteiger partial charge < -0.3 is 18.9 Å². The normalized spacial score (nSPS) is 16.3. The first-order valence-electron chi connectivity index (χ1n) is 10.4. The number of aromatic nitrogens is 1. The topological polar surface area (TPSA) is 77.8 Å². The predicted molar refractivity (Wildman–Crippen MR) is 110 cm³/mol. The van der Waals surface area contributed by atoms with Crippen molar-refractivity contribution in [2.75, 3.05) is 26.3 Å². The standard InChI is InChI=1S/C22H34N2O5/c1-7-28-22(27)21-15(4)20(16(5)23(21)6)18(25)13-24(19(26)11-14(2)3)12-17-9-8-10-29-17/h14,17H,7-13H2,1-6H3. The molecule has 29 heavy (non-hydrogen) atoms. The fraction of sp³-hybridized carbons (Fsp3) is 0.682. The molecule has 162 valence electrons. The predicted octanol–water partition coefficient (Wildman–Crippen LogP) is 3.06. The molecule has 0 spiro atoms. The van der Waals surface area contributed by atoms with Crippen LogP contribution in [-0.2, 0) is 21.3 Å². The van der Waals surface area contributed by atoms with Crippen molar-refractivity contribution in [3.8, 4) is 0 Å². The van der Waals surface area contributed by atoms with Gasteiger partial charge in [0.25, 0.3) is 0 Å². The smallest absolute Gasteiger partial charge is 0.355 e. The molecule has 1 unspecified atom stereocenters. The molecule has 0 aliphatic carbocycles. The molecule has 0 radical (unpaired) electrons. The van der Waals surface area contributed by atoms with Gasteiger partial charge in [0.15, 0.2) is 5.78 Å². The van der Waals surface area contributed by atoms with Crippen LogP contribution < -0.4 is 0 Å². The van der Waals surface area contributed by atoms with Crippen LogP contribution in [0, 0.1) is 19.8 Å². The third-order valence-electron chi connectivity index (χ3n) is 5.40. The van der Waals surface area contributed by atoms with Crippen molar-refractivity contribution in [3.05, 3.63) is 22.5 Å². The summed E-state index contributed by atoms with van der Waals surface area (Å²) in [4.78, 5) is 39.9. The number of hydrogen-bond acceptors (Lipinski definition) is 5. The highest BCUT2D eigenvalue weighted by Gasteiger charge is 2.29. The number of Topliss-reactive ketones (excluding diaryl/α,β-unsaturated/α-hetero) is 1. The van der Waals surface area contributed by atoms with E-state index in [9.17, 15) is 14.4 Å². The molecule has 2 heterocycles. The van der Waals surface area contributed by atoms with Crippen LogP contribution in [0.5, 0.6) is 0 Å². The van der Waals surface area contributed by atoms with Crippen LogP contribution in [0.15, 0.2) is 0 Å². The highest BCUT2D eigenvalue weighted by Crippen LogP contribution is 2.23. The summed E-state index contributed by atoms with van der Waals surface area (Å²) in [6.45, 7) is 10.7. The summed E-state index contributed by atoms with van der Waals surface area (Å²) in [7, 11) is 1.75. The van der Waals surface area contributed by atoms with Gasteiger partial charge in [-0.25, -0.2) is 4.79 Å². The minimum atomic E-state index is -0.443. The van der Waals surface area contributed by atoms with Crippen LogP contribution in [0.25, 0.3) is 0 Å². The van der Waals surface area contributed by atoms with Crippen LogP contribution in [0.3, 0.4) is 0 Å². The van der Waals surface area contributed by atoms with Crippen LogP contribution in [0.4, 0.5) is 0 Å². The first-order chi connectivity index (χ1) is 13.7. The molecule has 0 bridgehead atoms. The molecular formula is C22H34N2O5. The van der Waals surface area contributed by atoms with E-state index in [-0.39, 0.29) is 36.9 Å². The number of hydrogen-bond donors (Lipinski definition) is 0. The average Bonchev–Trinajstić information content (AvgIpc) is 3.21. The largest absolute Gasteiger partial charge is 0.461 e. The summed E-state index contributed by atoms with van der Waals surface area (Å²) in [6.07, 6.45) is 2.24.